The molecule has 2 atom stereocenters. The number of anilines is 1. The van der Waals surface area contributed by atoms with Gasteiger partial charge >= 0.3 is 0 Å². The molecule has 0 aliphatic carbocycles. The van der Waals surface area contributed by atoms with Crippen LogP contribution in [0, 0.1) is 5.92 Å². The van der Waals surface area contributed by atoms with Gasteiger partial charge in [0.2, 0.25) is 5.95 Å². The molecule has 1 aromatic carbocycles. The third kappa shape index (κ3) is 2.29. The van der Waals surface area contributed by atoms with E-state index in [9.17, 15) is 0 Å². The van der Waals surface area contributed by atoms with E-state index in [2.05, 4.69) is 16.5 Å². The van der Waals surface area contributed by atoms with Gasteiger partial charge in [-0.1, -0.05) is 0 Å². The first-order valence-corrected chi connectivity index (χ1v) is 7.13. The molecule has 2 heterocycles. The zero-order valence-electron chi connectivity index (χ0n) is 12.6. The van der Waals surface area contributed by atoms with Gasteiger partial charge in [-0.15, -0.1) is 0 Å². The standard InChI is InChI=1S/C15H21N3O3/c1-9(10-4-5-21-8-10)18-12-7-14(20-3)13(19-2)6-11(12)17-15(18)16/h6-7,9-10H,4-5,8H2,1-3H3,(H2,16,17). The molecule has 1 fully saturated rings. The second kappa shape index (κ2) is 5.44. The molecular formula is C15H21N3O3. The first-order valence-electron chi connectivity index (χ1n) is 7.13. The van der Waals surface area contributed by atoms with E-state index in [0.717, 1.165) is 30.7 Å². The molecular weight excluding hydrogens is 270 g/mol. The SMILES string of the molecule is COc1cc2nc(N)n(C(C)C3CCOC3)c2cc1OC. The monoisotopic (exact) mass is 291 g/mol. The van der Waals surface area contributed by atoms with Crippen molar-refractivity contribution >= 4 is 17.0 Å². The molecule has 0 amide bonds. The van der Waals surface area contributed by atoms with Crippen molar-refractivity contribution < 1.29 is 14.2 Å². The topological polar surface area (TPSA) is 71.5 Å². The molecule has 2 N–H and O–H groups in total. The summed E-state index contributed by atoms with van der Waals surface area (Å²) in [4.78, 5) is 4.45. The number of nitrogens with zero attached hydrogens (tertiary/aromatic N) is 2. The summed E-state index contributed by atoms with van der Waals surface area (Å²) < 4.78 is 18.3. The van der Waals surface area contributed by atoms with Crippen LogP contribution in [0.15, 0.2) is 12.1 Å². The fraction of sp³-hybridized carbons (Fsp3) is 0.533. The van der Waals surface area contributed by atoms with E-state index in [0.29, 0.717) is 23.4 Å². The molecule has 1 saturated heterocycles. The van der Waals surface area contributed by atoms with Gasteiger partial charge in [0.25, 0.3) is 0 Å². The summed E-state index contributed by atoms with van der Waals surface area (Å²) in [5.74, 6) is 2.31. The maximum atomic E-state index is 6.13. The highest BCUT2D eigenvalue weighted by molar-refractivity contribution is 5.82. The second-order valence-corrected chi connectivity index (χ2v) is 5.40. The Morgan fingerprint density at radius 1 is 1.33 bits per heavy atom. The van der Waals surface area contributed by atoms with Crippen molar-refractivity contribution in [3.8, 4) is 11.5 Å². The quantitative estimate of drug-likeness (QED) is 0.935. The van der Waals surface area contributed by atoms with Crippen molar-refractivity contribution in [3.05, 3.63) is 12.1 Å². The number of methoxy groups -OCH3 is 2. The normalized spacial score (nSPS) is 19.9. The molecule has 0 radical (unpaired) electrons. The number of hydrogen-bond donors (Lipinski definition) is 1. The Kier molecular flexibility index (Phi) is 3.63. The summed E-state index contributed by atoms with van der Waals surface area (Å²) in [5.41, 5.74) is 7.91. The van der Waals surface area contributed by atoms with Gasteiger partial charge in [-0.25, -0.2) is 4.98 Å². The molecule has 0 saturated carbocycles. The molecule has 2 aromatic rings. The molecule has 6 heteroatoms. The van der Waals surface area contributed by atoms with Crippen LogP contribution in [0.3, 0.4) is 0 Å². The van der Waals surface area contributed by atoms with E-state index in [4.69, 9.17) is 19.9 Å². The number of ether oxygens (including phenoxy) is 3. The maximum absolute atomic E-state index is 6.13. The van der Waals surface area contributed by atoms with Gasteiger partial charge in [-0.3, -0.25) is 0 Å². The summed E-state index contributed by atoms with van der Waals surface area (Å²) in [7, 11) is 3.24. The average Bonchev–Trinajstić information content (AvgIpc) is 3.11. The van der Waals surface area contributed by atoms with Gasteiger partial charge in [0, 0.05) is 30.7 Å². The Balaban J connectivity index is 2.11. The van der Waals surface area contributed by atoms with Crippen molar-refractivity contribution in [2.75, 3.05) is 33.2 Å². The van der Waals surface area contributed by atoms with Crippen LogP contribution in [0.1, 0.15) is 19.4 Å². The van der Waals surface area contributed by atoms with Crippen LogP contribution in [0.5, 0.6) is 11.5 Å². The first-order chi connectivity index (χ1) is 10.2. The van der Waals surface area contributed by atoms with Gasteiger partial charge < -0.3 is 24.5 Å². The van der Waals surface area contributed by atoms with Gasteiger partial charge in [0.1, 0.15) is 0 Å². The van der Waals surface area contributed by atoms with Crippen molar-refractivity contribution in [3.63, 3.8) is 0 Å². The van der Waals surface area contributed by atoms with Gasteiger partial charge in [-0.2, -0.15) is 0 Å². The summed E-state index contributed by atoms with van der Waals surface area (Å²) in [6, 6.07) is 4.03. The lowest BCUT2D eigenvalue weighted by molar-refractivity contribution is 0.176. The third-order valence-corrected chi connectivity index (χ3v) is 4.28. The third-order valence-electron chi connectivity index (χ3n) is 4.28. The smallest absolute Gasteiger partial charge is 0.201 e. The number of nitrogen functional groups attached to an aromatic ring is 1. The number of hydrogen-bond acceptors (Lipinski definition) is 5. The second-order valence-electron chi connectivity index (χ2n) is 5.40. The summed E-state index contributed by atoms with van der Waals surface area (Å²) >= 11 is 0. The molecule has 1 aromatic heterocycles. The highest BCUT2D eigenvalue weighted by Gasteiger charge is 2.27. The van der Waals surface area contributed by atoms with Gasteiger partial charge in [0.15, 0.2) is 11.5 Å². The largest absolute Gasteiger partial charge is 0.493 e. The first kappa shape index (κ1) is 14.0. The van der Waals surface area contributed by atoms with Crippen LogP contribution < -0.4 is 15.2 Å². The summed E-state index contributed by atoms with van der Waals surface area (Å²) in [5, 5.41) is 0. The molecule has 6 nitrogen and oxygen atoms in total. The highest BCUT2D eigenvalue weighted by Crippen LogP contribution is 2.36. The van der Waals surface area contributed by atoms with E-state index in [1.807, 2.05) is 12.1 Å². The lowest BCUT2D eigenvalue weighted by Gasteiger charge is -2.21. The van der Waals surface area contributed by atoms with Crippen LogP contribution in [0.25, 0.3) is 11.0 Å². The zero-order valence-corrected chi connectivity index (χ0v) is 12.6. The van der Waals surface area contributed by atoms with Gasteiger partial charge in [0.05, 0.1) is 31.9 Å². The molecule has 2 unspecified atom stereocenters. The summed E-state index contributed by atoms with van der Waals surface area (Å²) in [6.45, 7) is 3.75. The minimum Gasteiger partial charge on any atom is -0.493 e. The number of nitrogens with two attached hydrogens (primary N) is 1. The Bertz CT molecular complexity index is 647. The molecule has 0 bridgehead atoms. The predicted octanol–water partition coefficient (Wildman–Crippen LogP) is 2.23. The van der Waals surface area contributed by atoms with Crippen LogP contribution >= 0.6 is 0 Å². The van der Waals surface area contributed by atoms with Crippen LogP contribution in [-0.2, 0) is 4.74 Å². The van der Waals surface area contributed by atoms with E-state index >= 15 is 0 Å². The minimum atomic E-state index is 0.232. The molecule has 21 heavy (non-hydrogen) atoms. The molecule has 0 spiro atoms. The van der Waals surface area contributed by atoms with Crippen molar-refractivity contribution in [2.45, 2.75) is 19.4 Å². The fourth-order valence-electron chi connectivity index (χ4n) is 3.01. The fourth-order valence-corrected chi connectivity index (χ4v) is 3.01. The van der Waals surface area contributed by atoms with Crippen molar-refractivity contribution in [1.29, 1.82) is 0 Å². The number of fused-ring (bicyclic) bond motifs is 1. The Hall–Kier alpha value is -1.95. The van der Waals surface area contributed by atoms with Crippen molar-refractivity contribution in [1.82, 2.24) is 9.55 Å². The average molecular weight is 291 g/mol. The lowest BCUT2D eigenvalue weighted by Crippen LogP contribution is -2.18. The number of rotatable bonds is 4. The Labute approximate surface area is 123 Å². The van der Waals surface area contributed by atoms with E-state index < -0.39 is 0 Å². The van der Waals surface area contributed by atoms with Crippen LogP contribution in [0.4, 0.5) is 5.95 Å². The molecule has 1 aliphatic rings. The van der Waals surface area contributed by atoms with E-state index in [1.54, 1.807) is 14.2 Å². The number of imidazole rings is 1. The predicted molar refractivity (Wildman–Crippen MR) is 80.9 cm³/mol. The number of aromatic nitrogens is 2. The lowest BCUT2D eigenvalue weighted by atomic mass is 10.0. The molecule has 3 rings (SSSR count). The minimum absolute atomic E-state index is 0.232. The Morgan fingerprint density at radius 2 is 2.05 bits per heavy atom. The molecule has 114 valence electrons. The highest BCUT2D eigenvalue weighted by atomic mass is 16.5. The van der Waals surface area contributed by atoms with Crippen LogP contribution in [0.2, 0.25) is 0 Å². The van der Waals surface area contributed by atoms with Crippen LogP contribution in [-0.4, -0.2) is 37.0 Å². The Morgan fingerprint density at radius 3 is 2.67 bits per heavy atom. The van der Waals surface area contributed by atoms with Crippen molar-refractivity contribution in [2.24, 2.45) is 5.92 Å². The zero-order chi connectivity index (χ0) is 15.0. The maximum Gasteiger partial charge on any atom is 0.201 e. The summed E-state index contributed by atoms with van der Waals surface area (Å²) in [6.07, 6.45) is 1.05. The van der Waals surface area contributed by atoms with E-state index in [1.165, 1.54) is 0 Å². The number of benzene rings is 1. The van der Waals surface area contributed by atoms with E-state index in [-0.39, 0.29) is 6.04 Å². The molecule has 1 aliphatic heterocycles. The van der Waals surface area contributed by atoms with Gasteiger partial charge in [-0.05, 0) is 13.3 Å².